The van der Waals surface area contributed by atoms with E-state index in [1.54, 1.807) is 6.92 Å². The fourth-order valence-electron chi connectivity index (χ4n) is 3.58. The maximum atomic E-state index is 12.8. The SMILES string of the molecule is C=C1C(=O)NC2=CCC[C@]2(C(=O)OCC)[C@@H]1c1ccccc1. The van der Waals surface area contributed by atoms with Gasteiger partial charge in [-0.2, -0.15) is 0 Å². The van der Waals surface area contributed by atoms with E-state index in [1.807, 2.05) is 36.4 Å². The van der Waals surface area contributed by atoms with Crippen LogP contribution in [-0.2, 0) is 14.3 Å². The van der Waals surface area contributed by atoms with Crippen molar-refractivity contribution in [2.24, 2.45) is 5.41 Å². The summed E-state index contributed by atoms with van der Waals surface area (Å²) >= 11 is 0. The van der Waals surface area contributed by atoms with Gasteiger partial charge in [-0.05, 0) is 25.3 Å². The van der Waals surface area contributed by atoms with Crippen molar-refractivity contribution in [2.45, 2.75) is 25.7 Å². The average molecular weight is 297 g/mol. The number of ether oxygens (including phenoxy) is 1. The lowest BCUT2D eigenvalue weighted by atomic mass is 9.64. The van der Waals surface area contributed by atoms with E-state index < -0.39 is 5.41 Å². The maximum Gasteiger partial charge on any atom is 0.319 e. The number of nitrogens with one attached hydrogen (secondary N) is 1. The predicted octanol–water partition coefficient (Wildman–Crippen LogP) is 2.68. The fraction of sp³-hybridized carbons (Fsp3) is 0.333. The summed E-state index contributed by atoms with van der Waals surface area (Å²) in [7, 11) is 0. The maximum absolute atomic E-state index is 12.8. The van der Waals surface area contributed by atoms with Gasteiger partial charge in [-0.25, -0.2) is 0 Å². The molecule has 114 valence electrons. The Hall–Kier alpha value is -2.36. The van der Waals surface area contributed by atoms with Gasteiger partial charge in [0.15, 0.2) is 0 Å². The number of amides is 1. The molecule has 1 aliphatic carbocycles. The highest BCUT2D eigenvalue weighted by Crippen LogP contribution is 2.54. The Balaban J connectivity index is 2.16. The van der Waals surface area contributed by atoms with Gasteiger partial charge in [0.05, 0.1) is 6.61 Å². The number of hydrogen-bond acceptors (Lipinski definition) is 3. The summed E-state index contributed by atoms with van der Waals surface area (Å²) in [6.07, 6.45) is 3.29. The molecule has 0 bridgehead atoms. The van der Waals surface area contributed by atoms with E-state index in [-0.39, 0.29) is 17.8 Å². The number of allylic oxidation sites excluding steroid dienone is 1. The first-order valence-electron chi connectivity index (χ1n) is 7.54. The third kappa shape index (κ3) is 1.98. The number of esters is 1. The van der Waals surface area contributed by atoms with Crippen LogP contribution >= 0.6 is 0 Å². The van der Waals surface area contributed by atoms with E-state index in [9.17, 15) is 9.59 Å². The van der Waals surface area contributed by atoms with Crippen LogP contribution in [0.3, 0.4) is 0 Å². The van der Waals surface area contributed by atoms with Crippen LogP contribution in [0.4, 0.5) is 0 Å². The third-order valence-electron chi connectivity index (χ3n) is 4.52. The summed E-state index contributed by atoms with van der Waals surface area (Å²) in [6.45, 7) is 6.06. The van der Waals surface area contributed by atoms with Crippen molar-refractivity contribution >= 4 is 11.9 Å². The van der Waals surface area contributed by atoms with E-state index in [4.69, 9.17) is 4.74 Å². The molecule has 1 aliphatic heterocycles. The molecular formula is C18H19NO3. The largest absolute Gasteiger partial charge is 0.465 e. The Labute approximate surface area is 129 Å². The van der Waals surface area contributed by atoms with Crippen LogP contribution in [0.2, 0.25) is 0 Å². The molecule has 1 saturated heterocycles. The second kappa shape index (κ2) is 5.44. The molecule has 0 aromatic heterocycles. The van der Waals surface area contributed by atoms with Gasteiger partial charge >= 0.3 is 5.97 Å². The summed E-state index contributed by atoms with van der Waals surface area (Å²) in [5.41, 5.74) is 1.14. The number of hydrogen-bond donors (Lipinski definition) is 1. The van der Waals surface area contributed by atoms with Crippen molar-refractivity contribution in [1.82, 2.24) is 5.32 Å². The topological polar surface area (TPSA) is 55.4 Å². The van der Waals surface area contributed by atoms with Gasteiger partial charge in [0.2, 0.25) is 0 Å². The lowest BCUT2D eigenvalue weighted by Gasteiger charge is -2.42. The van der Waals surface area contributed by atoms with Crippen LogP contribution in [0.25, 0.3) is 0 Å². The van der Waals surface area contributed by atoms with Gasteiger partial charge in [-0.3, -0.25) is 9.59 Å². The molecule has 1 N–H and O–H groups in total. The molecule has 2 aliphatic rings. The summed E-state index contributed by atoms with van der Waals surface area (Å²) in [5.74, 6) is -0.883. The number of carbonyl (C=O) groups is 2. The molecule has 3 rings (SSSR count). The summed E-state index contributed by atoms with van der Waals surface area (Å²) in [6, 6.07) is 9.60. The number of piperidine rings is 1. The number of benzene rings is 1. The Morgan fingerprint density at radius 2 is 2.14 bits per heavy atom. The number of rotatable bonds is 3. The second-order valence-corrected chi connectivity index (χ2v) is 5.67. The third-order valence-corrected chi connectivity index (χ3v) is 4.52. The van der Waals surface area contributed by atoms with Crippen LogP contribution in [0.1, 0.15) is 31.2 Å². The minimum atomic E-state index is -0.859. The van der Waals surface area contributed by atoms with Gasteiger partial charge in [0.1, 0.15) is 5.41 Å². The van der Waals surface area contributed by atoms with E-state index in [1.165, 1.54) is 0 Å². The fourth-order valence-corrected chi connectivity index (χ4v) is 3.58. The minimum Gasteiger partial charge on any atom is -0.465 e. The quantitative estimate of drug-likeness (QED) is 0.689. The van der Waals surface area contributed by atoms with Crippen molar-refractivity contribution in [3.63, 3.8) is 0 Å². The van der Waals surface area contributed by atoms with E-state index in [2.05, 4.69) is 11.9 Å². The van der Waals surface area contributed by atoms with Crippen LogP contribution in [0.5, 0.6) is 0 Å². The smallest absolute Gasteiger partial charge is 0.319 e. The molecule has 0 unspecified atom stereocenters. The molecule has 1 aromatic rings. The zero-order valence-corrected chi connectivity index (χ0v) is 12.6. The molecule has 1 amide bonds. The van der Waals surface area contributed by atoms with Crippen LogP contribution < -0.4 is 5.32 Å². The predicted molar refractivity (Wildman–Crippen MR) is 82.8 cm³/mol. The van der Waals surface area contributed by atoms with Crippen LogP contribution in [-0.4, -0.2) is 18.5 Å². The summed E-state index contributed by atoms with van der Waals surface area (Å²) in [5, 5.41) is 2.83. The van der Waals surface area contributed by atoms with Gasteiger partial charge in [-0.1, -0.05) is 43.0 Å². The molecule has 0 saturated carbocycles. The first-order valence-corrected chi connectivity index (χ1v) is 7.54. The minimum absolute atomic E-state index is 0.220. The zero-order valence-electron chi connectivity index (χ0n) is 12.6. The Kier molecular flexibility index (Phi) is 3.61. The lowest BCUT2D eigenvalue weighted by molar-refractivity contribution is -0.155. The lowest BCUT2D eigenvalue weighted by Crippen LogP contribution is -2.50. The molecular weight excluding hydrogens is 278 g/mol. The highest BCUT2D eigenvalue weighted by Gasteiger charge is 2.57. The van der Waals surface area contributed by atoms with E-state index in [0.29, 0.717) is 24.3 Å². The Morgan fingerprint density at radius 1 is 1.41 bits per heavy atom. The first kappa shape index (κ1) is 14.6. The van der Waals surface area contributed by atoms with E-state index >= 15 is 0 Å². The molecule has 1 aromatic carbocycles. The molecule has 4 heteroatoms. The summed E-state index contributed by atoms with van der Waals surface area (Å²) in [4.78, 5) is 25.0. The standard InChI is InChI=1S/C18H19NO3/c1-3-22-17(21)18-11-7-10-14(18)19-16(20)12(2)15(18)13-8-5-4-6-9-13/h4-6,8-10,15H,2-3,7,11H2,1H3,(H,19,20)/t15-,18+/m0/s1. The van der Waals surface area contributed by atoms with Gasteiger partial charge in [-0.15, -0.1) is 0 Å². The van der Waals surface area contributed by atoms with E-state index in [0.717, 1.165) is 12.0 Å². The molecule has 1 fully saturated rings. The first-order chi connectivity index (χ1) is 10.6. The Morgan fingerprint density at radius 3 is 2.82 bits per heavy atom. The van der Waals surface area contributed by atoms with Gasteiger partial charge in [0, 0.05) is 17.2 Å². The van der Waals surface area contributed by atoms with Gasteiger partial charge in [0.25, 0.3) is 5.91 Å². The zero-order chi connectivity index (χ0) is 15.7. The van der Waals surface area contributed by atoms with Crippen molar-refractivity contribution in [1.29, 1.82) is 0 Å². The highest BCUT2D eigenvalue weighted by molar-refractivity contribution is 6.01. The molecule has 0 radical (unpaired) electrons. The molecule has 2 atom stereocenters. The normalized spacial score (nSPS) is 27.0. The van der Waals surface area contributed by atoms with Crippen LogP contribution in [0, 0.1) is 5.41 Å². The molecule has 4 nitrogen and oxygen atoms in total. The van der Waals surface area contributed by atoms with Crippen molar-refractivity contribution < 1.29 is 14.3 Å². The monoisotopic (exact) mass is 297 g/mol. The number of carbonyl (C=O) groups excluding carboxylic acids is 2. The van der Waals surface area contributed by atoms with Crippen molar-refractivity contribution in [3.05, 3.63) is 59.8 Å². The molecule has 1 heterocycles. The summed E-state index contributed by atoms with van der Waals surface area (Å²) < 4.78 is 5.35. The van der Waals surface area contributed by atoms with Crippen molar-refractivity contribution in [3.8, 4) is 0 Å². The highest BCUT2D eigenvalue weighted by atomic mass is 16.5. The van der Waals surface area contributed by atoms with Crippen LogP contribution in [0.15, 0.2) is 54.3 Å². The Bertz CT molecular complexity index is 662. The average Bonchev–Trinajstić information content (AvgIpc) is 2.93. The van der Waals surface area contributed by atoms with Gasteiger partial charge < -0.3 is 10.1 Å². The van der Waals surface area contributed by atoms with Crippen molar-refractivity contribution in [2.75, 3.05) is 6.61 Å². The molecule has 22 heavy (non-hydrogen) atoms. The number of fused-ring (bicyclic) bond motifs is 1. The molecule has 0 spiro atoms. The second-order valence-electron chi connectivity index (χ2n) is 5.67.